The number of carbonyl (C=O) groups excluding carboxylic acids is 2. The molecule has 0 spiro atoms. The summed E-state index contributed by atoms with van der Waals surface area (Å²) in [6, 6.07) is 6.91. The van der Waals surface area contributed by atoms with Gasteiger partial charge in [0, 0.05) is 37.1 Å². The summed E-state index contributed by atoms with van der Waals surface area (Å²) in [7, 11) is -3.73. The van der Waals surface area contributed by atoms with Gasteiger partial charge in [-0.1, -0.05) is 6.07 Å². The minimum Gasteiger partial charge on any atom is -0.482 e. The molecule has 3 heterocycles. The molecule has 2 amide bonds. The van der Waals surface area contributed by atoms with Crippen molar-refractivity contribution in [3.63, 3.8) is 0 Å². The summed E-state index contributed by atoms with van der Waals surface area (Å²) in [6.45, 7) is 2.76. The maximum atomic E-state index is 13.2. The number of aryl methyl sites for hydroxylation is 1. The Bertz CT molecular complexity index is 1040. The predicted octanol–water partition coefficient (Wildman–Crippen LogP) is 1.46. The van der Waals surface area contributed by atoms with E-state index in [0.29, 0.717) is 36.5 Å². The van der Waals surface area contributed by atoms with E-state index in [0.717, 1.165) is 4.88 Å². The Morgan fingerprint density at radius 2 is 2.00 bits per heavy atom. The number of carbonyl (C=O) groups is 2. The van der Waals surface area contributed by atoms with Gasteiger partial charge in [-0.25, -0.2) is 8.42 Å². The Morgan fingerprint density at radius 1 is 1.24 bits per heavy atom. The quantitative estimate of drug-likeness (QED) is 0.785. The first-order valence-electron chi connectivity index (χ1n) is 9.22. The SMILES string of the molecule is Cc1cc2c(cc1S(=O)(=O)N1CCN(C(=O)Cc3cccs3)CC1)OCC(=O)N2. The van der Waals surface area contributed by atoms with Crippen LogP contribution < -0.4 is 10.1 Å². The molecule has 2 aliphatic rings. The molecule has 0 bridgehead atoms. The Morgan fingerprint density at radius 3 is 2.69 bits per heavy atom. The van der Waals surface area contributed by atoms with Crippen molar-refractivity contribution < 1.29 is 22.7 Å². The Kier molecular flexibility index (Phi) is 5.32. The number of ether oxygens (including phenoxy) is 1. The van der Waals surface area contributed by atoms with Gasteiger partial charge in [-0.05, 0) is 30.0 Å². The first-order chi connectivity index (χ1) is 13.8. The van der Waals surface area contributed by atoms with Crippen molar-refractivity contribution in [2.45, 2.75) is 18.2 Å². The molecular formula is C19H21N3O5S2. The van der Waals surface area contributed by atoms with Gasteiger partial charge < -0.3 is 15.0 Å². The normalized spacial score (nSPS) is 17.4. The van der Waals surface area contributed by atoms with Gasteiger partial charge in [0.25, 0.3) is 5.91 Å². The molecule has 0 unspecified atom stereocenters. The van der Waals surface area contributed by atoms with E-state index in [9.17, 15) is 18.0 Å². The zero-order valence-corrected chi connectivity index (χ0v) is 17.5. The zero-order chi connectivity index (χ0) is 20.6. The maximum absolute atomic E-state index is 13.2. The summed E-state index contributed by atoms with van der Waals surface area (Å²) >= 11 is 1.54. The molecule has 0 aliphatic carbocycles. The van der Waals surface area contributed by atoms with Crippen molar-refractivity contribution in [3.8, 4) is 5.75 Å². The first kappa shape index (κ1) is 19.9. The molecule has 1 aromatic carbocycles. The number of anilines is 1. The standard InChI is InChI=1S/C19H21N3O5S2/c1-13-9-15-16(27-12-18(23)20-15)11-17(13)29(25,26)22-6-4-21(5-7-22)19(24)10-14-3-2-8-28-14/h2-3,8-9,11H,4-7,10,12H2,1H3,(H,20,23). The third-order valence-corrected chi connectivity index (χ3v) is 7.94. The fraction of sp³-hybridized carbons (Fsp3) is 0.368. The lowest BCUT2D eigenvalue weighted by Gasteiger charge is -2.34. The Hall–Kier alpha value is -2.43. The highest BCUT2D eigenvalue weighted by molar-refractivity contribution is 7.89. The number of hydrogen-bond donors (Lipinski definition) is 1. The van der Waals surface area contributed by atoms with Crippen LogP contribution in [0.5, 0.6) is 5.75 Å². The molecule has 2 aromatic rings. The monoisotopic (exact) mass is 435 g/mol. The summed E-state index contributed by atoms with van der Waals surface area (Å²) in [4.78, 5) is 26.8. The van der Waals surface area contributed by atoms with Crippen LogP contribution in [0.2, 0.25) is 0 Å². The van der Waals surface area contributed by atoms with Crippen LogP contribution in [-0.2, 0) is 26.0 Å². The molecule has 0 atom stereocenters. The minimum absolute atomic E-state index is 0.0126. The van der Waals surface area contributed by atoms with Gasteiger partial charge in [-0.15, -0.1) is 11.3 Å². The first-order valence-corrected chi connectivity index (χ1v) is 11.5. The second-order valence-electron chi connectivity index (χ2n) is 6.99. The van der Waals surface area contributed by atoms with Crippen molar-refractivity contribution in [2.75, 3.05) is 38.1 Å². The summed E-state index contributed by atoms with van der Waals surface area (Å²) in [5.41, 5.74) is 1.01. The van der Waals surface area contributed by atoms with Gasteiger partial charge in [-0.3, -0.25) is 9.59 Å². The van der Waals surface area contributed by atoms with E-state index in [2.05, 4.69) is 5.32 Å². The fourth-order valence-electron chi connectivity index (χ4n) is 3.48. The number of fused-ring (bicyclic) bond motifs is 1. The molecule has 0 saturated carbocycles. The lowest BCUT2D eigenvalue weighted by atomic mass is 10.2. The molecule has 29 heavy (non-hydrogen) atoms. The fourth-order valence-corrected chi connectivity index (χ4v) is 5.82. The van der Waals surface area contributed by atoms with Crippen LogP contribution in [0, 0.1) is 6.92 Å². The lowest BCUT2D eigenvalue weighted by Crippen LogP contribution is -2.50. The highest BCUT2D eigenvalue weighted by Gasteiger charge is 2.32. The van der Waals surface area contributed by atoms with Gasteiger partial charge in [-0.2, -0.15) is 4.31 Å². The van der Waals surface area contributed by atoms with Crippen molar-refractivity contribution in [1.29, 1.82) is 0 Å². The van der Waals surface area contributed by atoms with E-state index in [-0.39, 0.29) is 36.4 Å². The van der Waals surface area contributed by atoms with Crippen molar-refractivity contribution >= 4 is 38.9 Å². The van der Waals surface area contributed by atoms with Gasteiger partial charge >= 0.3 is 0 Å². The van der Waals surface area contributed by atoms with Crippen LogP contribution in [0.3, 0.4) is 0 Å². The third kappa shape index (κ3) is 4.00. The van der Waals surface area contributed by atoms with Crippen LogP contribution in [0.15, 0.2) is 34.5 Å². The Balaban J connectivity index is 1.46. The molecular weight excluding hydrogens is 414 g/mol. The molecule has 8 nitrogen and oxygen atoms in total. The predicted molar refractivity (Wildman–Crippen MR) is 109 cm³/mol. The van der Waals surface area contributed by atoms with E-state index < -0.39 is 10.0 Å². The number of sulfonamides is 1. The van der Waals surface area contributed by atoms with Crippen LogP contribution in [0.25, 0.3) is 0 Å². The van der Waals surface area contributed by atoms with Crippen LogP contribution in [0.1, 0.15) is 10.4 Å². The van der Waals surface area contributed by atoms with Crippen LogP contribution >= 0.6 is 11.3 Å². The summed E-state index contributed by atoms with van der Waals surface area (Å²) in [5, 5.41) is 4.61. The number of amides is 2. The van der Waals surface area contributed by atoms with E-state index in [1.165, 1.54) is 21.7 Å². The minimum atomic E-state index is -3.73. The second kappa shape index (κ2) is 7.77. The molecule has 154 valence electrons. The average Bonchev–Trinajstić information content (AvgIpc) is 3.20. The largest absolute Gasteiger partial charge is 0.482 e. The van der Waals surface area contributed by atoms with Crippen LogP contribution in [-0.4, -0.2) is 62.2 Å². The number of hydrogen-bond acceptors (Lipinski definition) is 6. The highest BCUT2D eigenvalue weighted by atomic mass is 32.2. The van der Waals surface area contributed by atoms with Gasteiger partial charge in [0.1, 0.15) is 5.75 Å². The topological polar surface area (TPSA) is 96.0 Å². The molecule has 1 aromatic heterocycles. The third-order valence-electron chi connectivity index (χ3n) is 5.02. The summed E-state index contributed by atoms with van der Waals surface area (Å²) in [5.74, 6) is 0.0907. The molecule has 1 saturated heterocycles. The Labute approximate surface area is 173 Å². The summed E-state index contributed by atoms with van der Waals surface area (Å²) in [6.07, 6.45) is 0.345. The molecule has 0 radical (unpaired) electrons. The summed E-state index contributed by atoms with van der Waals surface area (Å²) < 4.78 is 33.1. The van der Waals surface area contributed by atoms with Crippen LogP contribution in [0.4, 0.5) is 5.69 Å². The molecule has 1 N–H and O–H groups in total. The molecule has 1 fully saturated rings. The lowest BCUT2D eigenvalue weighted by molar-refractivity contribution is -0.131. The van der Waals surface area contributed by atoms with E-state index in [1.54, 1.807) is 17.9 Å². The van der Waals surface area contributed by atoms with Gasteiger partial charge in [0.2, 0.25) is 15.9 Å². The smallest absolute Gasteiger partial charge is 0.262 e. The van der Waals surface area contributed by atoms with Crippen molar-refractivity contribution in [3.05, 3.63) is 40.1 Å². The van der Waals surface area contributed by atoms with Crippen molar-refractivity contribution in [1.82, 2.24) is 9.21 Å². The maximum Gasteiger partial charge on any atom is 0.262 e. The average molecular weight is 436 g/mol. The zero-order valence-electron chi connectivity index (χ0n) is 15.9. The number of rotatable bonds is 4. The van der Waals surface area contributed by atoms with E-state index in [4.69, 9.17) is 4.74 Å². The number of thiophene rings is 1. The molecule has 4 rings (SSSR count). The van der Waals surface area contributed by atoms with Gasteiger partial charge in [0.15, 0.2) is 6.61 Å². The molecule has 2 aliphatic heterocycles. The second-order valence-corrected chi connectivity index (χ2v) is 9.93. The number of nitrogens with zero attached hydrogens (tertiary/aromatic N) is 2. The van der Waals surface area contributed by atoms with E-state index >= 15 is 0 Å². The highest BCUT2D eigenvalue weighted by Crippen LogP contribution is 2.34. The number of benzene rings is 1. The number of piperazine rings is 1. The van der Waals surface area contributed by atoms with E-state index in [1.807, 2.05) is 17.5 Å². The van der Waals surface area contributed by atoms with Gasteiger partial charge in [0.05, 0.1) is 17.0 Å². The molecule has 10 heteroatoms. The van der Waals surface area contributed by atoms with Crippen molar-refractivity contribution in [2.24, 2.45) is 0 Å². The number of nitrogens with one attached hydrogen (secondary N) is 1.